The smallest absolute Gasteiger partial charge is 0.294 e. The number of nitrogens with zero attached hydrogens (tertiary/aromatic N) is 1. The van der Waals surface area contributed by atoms with Gasteiger partial charge in [-0.1, -0.05) is 6.92 Å². The molecule has 0 atom stereocenters. The van der Waals surface area contributed by atoms with Crippen molar-refractivity contribution in [2.75, 3.05) is 12.3 Å². The topological polar surface area (TPSA) is 115 Å². The van der Waals surface area contributed by atoms with Crippen molar-refractivity contribution in [3.05, 3.63) is 25.8 Å². The Morgan fingerprint density at radius 1 is 1.53 bits per heavy atom. The van der Waals surface area contributed by atoms with Gasteiger partial charge in [0, 0.05) is 16.2 Å². The van der Waals surface area contributed by atoms with E-state index < -0.39 is 20.6 Å². The van der Waals surface area contributed by atoms with Crippen molar-refractivity contribution in [2.24, 2.45) is 0 Å². The van der Waals surface area contributed by atoms with Crippen molar-refractivity contribution in [1.82, 2.24) is 4.72 Å². The Balaban J connectivity index is 3.44. The zero-order valence-electron chi connectivity index (χ0n) is 8.81. The summed E-state index contributed by atoms with van der Waals surface area (Å²) in [6.07, 6.45) is 0. The van der Waals surface area contributed by atoms with Gasteiger partial charge in [-0.25, -0.2) is 13.1 Å². The first kappa shape index (κ1) is 14.1. The lowest BCUT2D eigenvalue weighted by Crippen LogP contribution is -2.23. The molecule has 0 bridgehead atoms. The minimum atomic E-state index is -3.72. The molecule has 3 N–H and O–H groups in total. The van der Waals surface area contributed by atoms with Gasteiger partial charge >= 0.3 is 0 Å². The molecule has 0 saturated heterocycles. The van der Waals surface area contributed by atoms with E-state index in [1.54, 1.807) is 29.5 Å². The Morgan fingerprint density at radius 3 is 2.59 bits per heavy atom. The van der Waals surface area contributed by atoms with Gasteiger partial charge in [-0.2, -0.15) is 0 Å². The van der Waals surface area contributed by atoms with Crippen LogP contribution in [0.15, 0.2) is 17.0 Å². The molecule has 7 nitrogen and oxygen atoms in total. The highest BCUT2D eigenvalue weighted by molar-refractivity contribution is 14.1. The number of hydrogen-bond acceptors (Lipinski definition) is 5. The van der Waals surface area contributed by atoms with Crippen LogP contribution in [-0.2, 0) is 10.0 Å². The summed E-state index contributed by atoms with van der Waals surface area (Å²) in [5.74, 6) is 0. The average molecular weight is 371 g/mol. The SMILES string of the molecule is CCNS(=O)(=O)c1cc(I)c(N)c([N+](=O)[O-])c1. The highest BCUT2D eigenvalue weighted by Crippen LogP contribution is 2.30. The molecule has 0 radical (unpaired) electrons. The summed E-state index contributed by atoms with van der Waals surface area (Å²) in [5, 5.41) is 10.7. The third-order valence-corrected chi connectivity index (χ3v) is 4.34. The third kappa shape index (κ3) is 3.04. The van der Waals surface area contributed by atoms with Crippen molar-refractivity contribution in [2.45, 2.75) is 11.8 Å². The Labute approximate surface area is 112 Å². The van der Waals surface area contributed by atoms with Gasteiger partial charge in [0.05, 0.1) is 9.82 Å². The summed E-state index contributed by atoms with van der Waals surface area (Å²) in [5.41, 5.74) is 5.06. The molecule has 0 aliphatic heterocycles. The van der Waals surface area contributed by atoms with E-state index in [0.717, 1.165) is 6.07 Å². The standard InChI is InChI=1S/C8H10IN3O4S/c1-2-11-17(15,16)5-3-6(9)8(10)7(4-5)12(13)14/h3-4,11H,2,10H2,1H3. The summed E-state index contributed by atoms with van der Waals surface area (Å²) in [6.45, 7) is 1.82. The first-order chi connectivity index (χ1) is 7.79. The molecule has 0 aromatic heterocycles. The second kappa shape index (κ2) is 5.14. The number of nitrogens with one attached hydrogen (secondary N) is 1. The van der Waals surface area contributed by atoms with Gasteiger partial charge in [0.1, 0.15) is 5.69 Å². The number of hydrogen-bond donors (Lipinski definition) is 2. The molecule has 0 aliphatic rings. The average Bonchev–Trinajstić information content (AvgIpc) is 2.21. The van der Waals surface area contributed by atoms with Crippen molar-refractivity contribution in [3.63, 3.8) is 0 Å². The van der Waals surface area contributed by atoms with Crippen molar-refractivity contribution in [1.29, 1.82) is 0 Å². The molecule has 0 saturated carbocycles. The number of halogens is 1. The molecular formula is C8H10IN3O4S. The minimum Gasteiger partial charge on any atom is -0.392 e. The number of nitro benzene ring substituents is 1. The van der Waals surface area contributed by atoms with E-state index in [4.69, 9.17) is 5.73 Å². The van der Waals surface area contributed by atoms with E-state index in [9.17, 15) is 18.5 Å². The van der Waals surface area contributed by atoms with Crippen LogP contribution in [0.4, 0.5) is 11.4 Å². The summed E-state index contributed by atoms with van der Waals surface area (Å²) in [6, 6.07) is 2.25. The molecule has 0 amide bonds. The predicted molar refractivity (Wildman–Crippen MR) is 71.1 cm³/mol. The van der Waals surface area contributed by atoms with Gasteiger partial charge in [-0.3, -0.25) is 10.1 Å². The number of rotatable bonds is 4. The number of sulfonamides is 1. The number of nitrogens with two attached hydrogens (primary N) is 1. The van der Waals surface area contributed by atoms with E-state index >= 15 is 0 Å². The second-order valence-corrected chi connectivity index (χ2v) is 6.03. The van der Waals surface area contributed by atoms with Crippen LogP contribution < -0.4 is 10.5 Å². The largest absolute Gasteiger partial charge is 0.392 e. The fourth-order valence-corrected chi connectivity index (χ4v) is 3.07. The second-order valence-electron chi connectivity index (χ2n) is 3.10. The summed E-state index contributed by atoms with van der Waals surface area (Å²) in [7, 11) is -3.72. The maximum Gasteiger partial charge on any atom is 0.294 e. The zero-order chi connectivity index (χ0) is 13.2. The van der Waals surface area contributed by atoms with E-state index in [2.05, 4.69) is 4.72 Å². The summed E-state index contributed by atoms with van der Waals surface area (Å²) < 4.78 is 26.0. The Morgan fingerprint density at radius 2 is 2.12 bits per heavy atom. The quantitative estimate of drug-likeness (QED) is 0.356. The first-order valence-corrected chi connectivity index (χ1v) is 7.09. The molecule has 0 unspecified atom stereocenters. The normalized spacial score (nSPS) is 11.4. The van der Waals surface area contributed by atoms with Crippen LogP contribution in [0.25, 0.3) is 0 Å². The van der Waals surface area contributed by atoms with Crippen LogP contribution in [0.2, 0.25) is 0 Å². The van der Waals surface area contributed by atoms with Gasteiger partial charge in [0.2, 0.25) is 10.0 Å². The van der Waals surface area contributed by atoms with E-state index in [-0.39, 0.29) is 17.1 Å². The number of nitro groups is 1. The third-order valence-electron chi connectivity index (χ3n) is 1.92. The van der Waals surface area contributed by atoms with Crippen LogP contribution >= 0.6 is 22.6 Å². The molecule has 0 aliphatic carbocycles. The first-order valence-electron chi connectivity index (χ1n) is 4.52. The summed E-state index contributed by atoms with van der Waals surface area (Å²) in [4.78, 5) is 9.85. The lowest BCUT2D eigenvalue weighted by molar-refractivity contribution is -0.384. The lowest BCUT2D eigenvalue weighted by Gasteiger charge is -2.07. The fraction of sp³-hybridized carbons (Fsp3) is 0.250. The number of nitrogen functional groups attached to an aromatic ring is 1. The van der Waals surface area contributed by atoms with E-state index in [1.807, 2.05) is 0 Å². The van der Waals surface area contributed by atoms with Gasteiger partial charge in [0.25, 0.3) is 5.69 Å². The van der Waals surface area contributed by atoms with Gasteiger partial charge in [0.15, 0.2) is 0 Å². The van der Waals surface area contributed by atoms with E-state index in [0.29, 0.717) is 3.57 Å². The molecule has 17 heavy (non-hydrogen) atoms. The molecule has 0 heterocycles. The van der Waals surface area contributed by atoms with E-state index in [1.165, 1.54) is 6.07 Å². The molecule has 0 spiro atoms. The molecule has 1 aromatic carbocycles. The highest BCUT2D eigenvalue weighted by Gasteiger charge is 2.22. The Hall–Kier alpha value is -0.940. The number of anilines is 1. The van der Waals surface area contributed by atoms with Crippen LogP contribution in [0, 0.1) is 13.7 Å². The lowest BCUT2D eigenvalue weighted by atomic mass is 10.3. The minimum absolute atomic E-state index is 0.0361. The van der Waals surface area contributed by atoms with Gasteiger partial charge < -0.3 is 5.73 Å². The molecule has 94 valence electrons. The van der Waals surface area contributed by atoms with Crippen LogP contribution in [-0.4, -0.2) is 19.9 Å². The Bertz CT molecular complexity index is 558. The van der Waals surface area contributed by atoms with Crippen LogP contribution in [0.3, 0.4) is 0 Å². The van der Waals surface area contributed by atoms with Crippen molar-refractivity contribution >= 4 is 44.0 Å². The fourth-order valence-electron chi connectivity index (χ4n) is 1.16. The number of benzene rings is 1. The maximum absolute atomic E-state index is 11.7. The molecule has 9 heteroatoms. The summed E-state index contributed by atoms with van der Waals surface area (Å²) >= 11 is 1.76. The van der Waals surface area contributed by atoms with Gasteiger partial charge in [-0.15, -0.1) is 0 Å². The van der Waals surface area contributed by atoms with Crippen LogP contribution in [0.5, 0.6) is 0 Å². The highest BCUT2D eigenvalue weighted by atomic mass is 127. The molecule has 0 fully saturated rings. The van der Waals surface area contributed by atoms with Crippen molar-refractivity contribution in [3.8, 4) is 0 Å². The zero-order valence-corrected chi connectivity index (χ0v) is 11.8. The predicted octanol–water partition coefficient (Wildman–Crippen LogP) is 1.08. The van der Waals surface area contributed by atoms with Gasteiger partial charge in [-0.05, 0) is 28.7 Å². The molecule has 1 rings (SSSR count). The monoisotopic (exact) mass is 371 g/mol. The maximum atomic E-state index is 11.7. The Kier molecular flexibility index (Phi) is 4.27. The van der Waals surface area contributed by atoms with Crippen LogP contribution in [0.1, 0.15) is 6.92 Å². The molecular weight excluding hydrogens is 361 g/mol. The van der Waals surface area contributed by atoms with Crippen molar-refractivity contribution < 1.29 is 13.3 Å². The molecule has 1 aromatic rings.